The van der Waals surface area contributed by atoms with Crippen molar-refractivity contribution in [2.45, 2.75) is 19.3 Å². The molecule has 0 radical (unpaired) electrons. The highest BCUT2D eigenvalue weighted by Crippen LogP contribution is 2.28. The quantitative estimate of drug-likeness (QED) is 0.455. The Bertz CT molecular complexity index is 84.2. The zero-order chi connectivity index (χ0) is 8.04. The molecule has 4 nitrogen and oxygen atoms in total. The molecular weight excluding hydrogens is 152 g/mol. The maximum atomic E-state index is 8.70. The molecule has 0 aliphatic carbocycles. The van der Waals surface area contributed by atoms with Crippen LogP contribution in [0.4, 0.5) is 0 Å². The average Bonchev–Trinajstić information content (AvgIpc) is 1.78. The summed E-state index contributed by atoms with van der Waals surface area (Å²) in [5, 5.41) is 4.98. The first-order chi connectivity index (χ1) is 4.56. The summed E-state index contributed by atoms with van der Waals surface area (Å²) >= 11 is 0. The molecule has 0 fully saturated rings. The number of unbranched alkanes of at least 4 members (excludes halogenated alkanes) is 2. The van der Waals surface area contributed by atoms with Gasteiger partial charge in [0.05, 0.1) is 5.75 Å². The van der Waals surface area contributed by atoms with Crippen LogP contribution in [0, 0.1) is 0 Å². The van der Waals surface area contributed by atoms with Crippen molar-refractivity contribution >= 4 is 10.8 Å². The number of nitrogens with two attached hydrogens (primary N) is 2. The highest BCUT2D eigenvalue weighted by molar-refractivity contribution is 8.22. The van der Waals surface area contributed by atoms with Gasteiger partial charge in [-0.25, -0.2) is 5.14 Å². The fourth-order valence-electron chi connectivity index (χ4n) is 0.636. The minimum Gasteiger partial charge on any atom is -0.330 e. The lowest BCUT2D eigenvalue weighted by atomic mass is 10.2. The van der Waals surface area contributed by atoms with Crippen molar-refractivity contribution in [1.29, 1.82) is 0 Å². The molecule has 0 spiro atoms. The molecule has 0 aliphatic rings. The zero-order valence-corrected chi connectivity index (χ0v) is 6.81. The van der Waals surface area contributed by atoms with Gasteiger partial charge in [0, 0.05) is 0 Å². The number of rotatable bonds is 5. The Hall–Kier alpha value is 0.190. The van der Waals surface area contributed by atoms with E-state index < -0.39 is 10.8 Å². The van der Waals surface area contributed by atoms with Gasteiger partial charge in [-0.15, -0.1) is 10.8 Å². The fraction of sp³-hybridized carbons (Fsp3) is 1.00. The molecule has 10 heavy (non-hydrogen) atoms. The summed E-state index contributed by atoms with van der Waals surface area (Å²) < 4.78 is 17.4. The van der Waals surface area contributed by atoms with Crippen LogP contribution in [0.1, 0.15) is 19.3 Å². The van der Waals surface area contributed by atoms with Gasteiger partial charge in [-0.3, -0.25) is 9.11 Å². The molecule has 0 amide bonds. The predicted octanol–water partition coefficient (Wildman–Crippen LogP) is 0.740. The van der Waals surface area contributed by atoms with E-state index in [9.17, 15) is 0 Å². The standard InChI is InChI=1S/C5H16N2O2S/c6-4-2-1-3-5-10(7,8)9/h8-9H,1-7H2. The van der Waals surface area contributed by atoms with E-state index in [1.807, 2.05) is 0 Å². The van der Waals surface area contributed by atoms with Gasteiger partial charge in [-0.05, 0) is 19.4 Å². The summed E-state index contributed by atoms with van der Waals surface area (Å²) in [6, 6.07) is 0. The van der Waals surface area contributed by atoms with Crippen LogP contribution in [0.2, 0.25) is 0 Å². The van der Waals surface area contributed by atoms with Crippen molar-refractivity contribution in [2.75, 3.05) is 12.3 Å². The van der Waals surface area contributed by atoms with Crippen molar-refractivity contribution in [3.05, 3.63) is 0 Å². The summed E-state index contributed by atoms with van der Waals surface area (Å²) in [6.07, 6.45) is 2.59. The molecule has 0 rings (SSSR count). The van der Waals surface area contributed by atoms with Gasteiger partial charge in [-0.2, -0.15) is 0 Å². The van der Waals surface area contributed by atoms with E-state index in [0.29, 0.717) is 12.3 Å². The highest BCUT2D eigenvalue weighted by atomic mass is 32.3. The second kappa shape index (κ2) is 4.92. The maximum Gasteiger partial charge on any atom is 0.0525 e. The van der Waals surface area contributed by atoms with Gasteiger partial charge >= 0.3 is 0 Å². The molecule has 0 aliphatic heterocycles. The number of hydrogen-bond donors (Lipinski definition) is 4. The Balaban J connectivity index is 3.04. The smallest absolute Gasteiger partial charge is 0.0525 e. The zero-order valence-electron chi connectivity index (χ0n) is 5.99. The minimum atomic E-state index is -2.75. The van der Waals surface area contributed by atoms with Crippen LogP contribution in [-0.2, 0) is 0 Å². The summed E-state index contributed by atoms with van der Waals surface area (Å²) in [7, 11) is -2.75. The second-order valence-electron chi connectivity index (χ2n) is 2.27. The van der Waals surface area contributed by atoms with Crippen molar-refractivity contribution in [2.24, 2.45) is 10.9 Å². The van der Waals surface area contributed by atoms with Crippen molar-refractivity contribution in [3.63, 3.8) is 0 Å². The lowest BCUT2D eigenvalue weighted by molar-refractivity contribution is 0.485. The van der Waals surface area contributed by atoms with E-state index in [1.165, 1.54) is 0 Å². The molecule has 0 aromatic heterocycles. The topological polar surface area (TPSA) is 92.5 Å². The first kappa shape index (κ1) is 10.2. The lowest BCUT2D eigenvalue weighted by Gasteiger charge is -2.25. The molecule has 0 atom stereocenters. The Morgan fingerprint density at radius 1 is 1.10 bits per heavy atom. The lowest BCUT2D eigenvalue weighted by Crippen LogP contribution is -2.12. The maximum absolute atomic E-state index is 8.70. The average molecular weight is 168 g/mol. The van der Waals surface area contributed by atoms with Crippen LogP contribution >= 0.6 is 10.8 Å². The van der Waals surface area contributed by atoms with Crippen LogP contribution in [0.5, 0.6) is 0 Å². The van der Waals surface area contributed by atoms with E-state index in [0.717, 1.165) is 19.3 Å². The molecular formula is C5H16N2O2S. The van der Waals surface area contributed by atoms with E-state index in [-0.39, 0.29) is 0 Å². The van der Waals surface area contributed by atoms with Gasteiger partial charge in [0.15, 0.2) is 0 Å². The van der Waals surface area contributed by atoms with Crippen LogP contribution in [0.25, 0.3) is 0 Å². The van der Waals surface area contributed by atoms with E-state index >= 15 is 0 Å². The van der Waals surface area contributed by atoms with E-state index in [1.54, 1.807) is 0 Å². The Labute approximate surface area is 63.1 Å². The molecule has 5 heteroatoms. The predicted molar refractivity (Wildman–Crippen MR) is 44.8 cm³/mol. The van der Waals surface area contributed by atoms with Gasteiger partial charge in [0.2, 0.25) is 0 Å². The Morgan fingerprint density at radius 2 is 1.70 bits per heavy atom. The minimum absolute atomic E-state index is 0.299. The van der Waals surface area contributed by atoms with Crippen molar-refractivity contribution in [1.82, 2.24) is 0 Å². The van der Waals surface area contributed by atoms with Crippen molar-refractivity contribution in [3.8, 4) is 0 Å². The third-order valence-corrected chi connectivity index (χ3v) is 2.04. The third-order valence-electron chi connectivity index (χ3n) is 1.15. The van der Waals surface area contributed by atoms with Crippen LogP contribution in [0.3, 0.4) is 0 Å². The van der Waals surface area contributed by atoms with Gasteiger partial charge in [0.1, 0.15) is 0 Å². The van der Waals surface area contributed by atoms with E-state index in [2.05, 4.69) is 0 Å². The second-order valence-corrected chi connectivity index (χ2v) is 4.11. The number of hydrogen-bond acceptors (Lipinski definition) is 4. The first-order valence-corrected chi connectivity index (χ1v) is 5.08. The molecule has 0 unspecified atom stereocenters. The van der Waals surface area contributed by atoms with Crippen LogP contribution in [-0.4, -0.2) is 21.4 Å². The van der Waals surface area contributed by atoms with E-state index in [4.69, 9.17) is 20.0 Å². The van der Waals surface area contributed by atoms with Gasteiger partial charge in [0.25, 0.3) is 0 Å². The molecule has 0 heterocycles. The molecule has 0 bridgehead atoms. The summed E-state index contributed by atoms with van der Waals surface area (Å²) in [5.41, 5.74) is 5.23. The van der Waals surface area contributed by atoms with Gasteiger partial charge in [-0.1, -0.05) is 6.42 Å². The summed E-state index contributed by atoms with van der Waals surface area (Å²) in [4.78, 5) is 0. The molecule has 6 N–H and O–H groups in total. The van der Waals surface area contributed by atoms with Crippen LogP contribution < -0.4 is 10.9 Å². The molecule has 64 valence electrons. The Morgan fingerprint density at radius 3 is 2.10 bits per heavy atom. The molecule has 0 saturated heterocycles. The fourth-order valence-corrected chi connectivity index (χ4v) is 1.26. The normalized spacial score (nSPS) is 13.6. The summed E-state index contributed by atoms with van der Waals surface area (Å²) in [6.45, 7) is 0.657. The summed E-state index contributed by atoms with van der Waals surface area (Å²) in [5.74, 6) is 0.299. The molecule has 0 aromatic carbocycles. The largest absolute Gasteiger partial charge is 0.330 e. The molecule has 0 saturated carbocycles. The van der Waals surface area contributed by atoms with Gasteiger partial charge < -0.3 is 5.73 Å². The SMILES string of the molecule is NCCCCCS(N)(O)O. The Kier molecular flexibility index (Phi) is 5.02. The van der Waals surface area contributed by atoms with Crippen molar-refractivity contribution < 1.29 is 9.11 Å². The third kappa shape index (κ3) is 8.19. The monoisotopic (exact) mass is 168 g/mol. The molecule has 0 aromatic rings. The van der Waals surface area contributed by atoms with Crippen LogP contribution in [0.15, 0.2) is 0 Å². The highest BCUT2D eigenvalue weighted by Gasteiger charge is 2.02. The first-order valence-electron chi connectivity index (χ1n) is 3.30.